The van der Waals surface area contributed by atoms with Crippen molar-refractivity contribution in [3.63, 3.8) is 0 Å². The van der Waals surface area contributed by atoms with Gasteiger partial charge in [-0.2, -0.15) is 0 Å². The first-order valence-corrected chi connectivity index (χ1v) is 8.55. The molecule has 1 saturated heterocycles. The monoisotopic (exact) mass is 357 g/mol. The summed E-state index contributed by atoms with van der Waals surface area (Å²) in [5.74, 6) is -3.53. The van der Waals surface area contributed by atoms with Gasteiger partial charge in [0.05, 0.1) is 6.04 Å². The number of nitrogens with one attached hydrogen (secondary N) is 3. The lowest BCUT2D eigenvalue weighted by Crippen LogP contribution is -2.56. The van der Waals surface area contributed by atoms with Crippen molar-refractivity contribution in [2.75, 3.05) is 6.54 Å². The number of carboxylic acid groups (broad SMARTS) is 2. The molecule has 4 atom stereocenters. The van der Waals surface area contributed by atoms with Gasteiger partial charge in [-0.15, -0.1) is 0 Å². The van der Waals surface area contributed by atoms with Gasteiger partial charge < -0.3 is 26.2 Å². The molecule has 142 valence electrons. The molecule has 0 bridgehead atoms. The van der Waals surface area contributed by atoms with Gasteiger partial charge >= 0.3 is 11.9 Å². The quantitative estimate of drug-likeness (QED) is 0.361. The Balaban J connectivity index is 2.75. The average Bonchev–Trinajstić information content (AvgIpc) is 3.09. The van der Waals surface area contributed by atoms with E-state index in [-0.39, 0.29) is 30.7 Å². The fourth-order valence-electron chi connectivity index (χ4n) is 2.65. The zero-order valence-electron chi connectivity index (χ0n) is 14.6. The lowest BCUT2D eigenvalue weighted by atomic mass is 9.97. The van der Waals surface area contributed by atoms with Crippen molar-refractivity contribution >= 4 is 23.8 Å². The molecule has 0 aliphatic carbocycles. The molecule has 0 aromatic rings. The number of carbonyl (C=O) groups excluding carboxylic acids is 2. The number of hydrogen-bond donors (Lipinski definition) is 5. The van der Waals surface area contributed by atoms with Crippen LogP contribution < -0.4 is 16.0 Å². The van der Waals surface area contributed by atoms with Crippen LogP contribution in [-0.4, -0.2) is 58.6 Å². The molecule has 1 aliphatic heterocycles. The normalized spacial score (nSPS) is 20.3. The topological polar surface area (TPSA) is 145 Å². The van der Waals surface area contributed by atoms with Crippen molar-refractivity contribution in [1.82, 2.24) is 16.0 Å². The lowest BCUT2D eigenvalue weighted by Gasteiger charge is -2.26. The van der Waals surface area contributed by atoms with E-state index in [1.807, 2.05) is 6.92 Å². The maximum absolute atomic E-state index is 12.5. The maximum Gasteiger partial charge on any atom is 0.326 e. The largest absolute Gasteiger partial charge is 0.481 e. The van der Waals surface area contributed by atoms with Crippen LogP contribution in [0, 0.1) is 5.92 Å². The Hall–Kier alpha value is -2.16. The van der Waals surface area contributed by atoms with Crippen molar-refractivity contribution in [3.8, 4) is 0 Å². The molecule has 0 aromatic carbocycles. The van der Waals surface area contributed by atoms with Crippen LogP contribution in [0.2, 0.25) is 0 Å². The number of amides is 2. The van der Waals surface area contributed by atoms with Crippen LogP contribution in [0.25, 0.3) is 0 Å². The van der Waals surface area contributed by atoms with Crippen LogP contribution in [0.4, 0.5) is 0 Å². The van der Waals surface area contributed by atoms with Crippen molar-refractivity contribution < 1.29 is 29.4 Å². The SMILES string of the molecule is CCC(C)C(NC(=O)C1CCCN1)C(=O)NC(CCC(=O)O)C(=O)O. The second-order valence-corrected chi connectivity index (χ2v) is 6.35. The summed E-state index contributed by atoms with van der Waals surface area (Å²) in [5.41, 5.74) is 0. The molecule has 9 nitrogen and oxygen atoms in total. The molecule has 0 radical (unpaired) electrons. The van der Waals surface area contributed by atoms with Crippen LogP contribution in [0.15, 0.2) is 0 Å². The molecule has 1 aliphatic rings. The summed E-state index contributed by atoms with van der Waals surface area (Å²) in [4.78, 5) is 46.6. The summed E-state index contributed by atoms with van der Waals surface area (Å²) in [5, 5.41) is 25.9. The first kappa shape index (κ1) is 20.9. The Morgan fingerprint density at radius 3 is 2.36 bits per heavy atom. The Morgan fingerprint density at radius 2 is 1.88 bits per heavy atom. The van der Waals surface area contributed by atoms with E-state index < -0.39 is 29.9 Å². The van der Waals surface area contributed by atoms with Gasteiger partial charge in [-0.05, 0) is 31.7 Å². The first-order valence-electron chi connectivity index (χ1n) is 8.55. The van der Waals surface area contributed by atoms with Gasteiger partial charge in [-0.25, -0.2) is 4.79 Å². The molecule has 0 saturated carbocycles. The van der Waals surface area contributed by atoms with Gasteiger partial charge in [-0.3, -0.25) is 14.4 Å². The van der Waals surface area contributed by atoms with E-state index in [2.05, 4.69) is 16.0 Å². The standard InChI is InChI=1S/C16H27N3O6/c1-3-9(2)13(19-14(22)10-5-4-8-17-10)15(23)18-11(16(24)25)6-7-12(20)21/h9-11,13,17H,3-8H2,1-2H3,(H,18,23)(H,19,22)(H,20,21)(H,24,25). The molecular formula is C16H27N3O6. The number of rotatable bonds is 10. The molecule has 4 unspecified atom stereocenters. The molecular weight excluding hydrogens is 330 g/mol. The molecule has 9 heteroatoms. The van der Waals surface area contributed by atoms with E-state index in [9.17, 15) is 19.2 Å². The highest BCUT2D eigenvalue weighted by atomic mass is 16.4. The van der Waals surface area contributed by atoms with Crippen molar-refractivity contribution in [3.05, 3.63) is 0 Å². The molecule has 1 heterocycles. The zero-order valence-corrected chi connectivity index (χ0v) is 14.6. The van der Waals surface area contributed by atoms with Crippen molar-refractivity contribution in [2.24, 2.45) is 5.92 Å². The zero-order chi connectivity index (χ0) is 19.0. The highest BCUT2D eigenvalue weighted by Crippen LogP contribution is 2.11. The predicted molar refractivity (Wildman–Crippen MR) is 88.8 cm³/mol. The molecule has 25 heavy (non-hydrogen) atoms. The van der Waals surface area contributed by atoms with Crippen LogP contribution in [0.3, 0.4) is 0 Å². The average molecular weight is 357 g/mol. The highest BCUT2D eigenvalue weighted by molar-refractivity contribution is 5.92. The van der Waals surface area contributed by atoms with Crippen LogP contribution in [0.5, 0.6) is 0 Å². The number of hydrogen-bond acceptors (Lipinski definition) is 5. The van der Waals surface area contributed by atoms with Gasteiger partial charge in [0.1, 0.15) is 12.1 Å². The Morgan fingerprint density at radius 1 is 1.20 bits per heavy atom. The maximum atomic E-state index is 12.5. The minimum Gasteiger partial charge on any atom is -0.481 e. The van der Waals surface area contributed by atoms with E-state index in [0.29, 0.717) is 12.8 Å². The molecule has 1 rings (SSSR count). The van der Waals surface area contributed by atoms with Gasteiger partial charge in [0, 0.05) is 6.42 Å². The van der Waals surface area contributed by atoms with E-state index in [0.717, 1.165) is 13.0 Å². The van der Waals surface area contributed by atoms with E-state index in [4.69, 9.17) is 10.2 Å². The molecule has 2 amide bonds. The molecule has 0 aromatic heterocycles. The molecule has 5 N–H and O–H groups in total. The van der Waals surface area contributed by atoms with Crippen molar-refractivity contribution in [1.29, 1.82) is 0 Å². The first-order chi connectivity index (χ1) is 11.8. The second kappa shape index (κ2) is 9.97. The van der Waals surface area contributed by atoms with Crippen molar-refractivity contribution in [2.45, 2.75) is 64.1 Å². The second-order valence-electron chi connectivity index (χ2n) is 6.35. The summed E-state index contributed by atoms with van der Waals surface area (Å²) in [6.07, 6.45) is 1.60. The summed E-state index contributed by atoms with van der Waals surface area (Å²) < 4.78 is 0. The third-order valence-corrected chi connectivity index (χ3v) is 4.43. The Bertz CT molecular complexity index is 504. The number of carboxylic acids is 2. The van der Waals surface area contributed by atoms with Crippen LogP contribution in [-0.2, 0) is 19.2 Å². The lowest BCUT2D eigenvalue weighted by molar-refractivity contribution is -0.143. The van der Waals surface area contributed by atoms with Crippen LogP contribution in [0.1, 0.15) is 46.0 Å². The molecule has 1 fully saturated rings. The van der Waals surface area contributed by atoms with Gasteiger partial charge in [-0.1, -0.05) is 20.3 Å². The Kier molecular flexibility index (Phi) is 8.33. The van der Waals surface area contributed by atoms with Gasteiger partial charge in [0.2, 0.25) is 11.8 Å². The summed E-state index contributed by atoms with van der Waals surface area (Å²) >= 11 is 0. The minimum atomic E-state index is -1.31. The third kappa shape index (κ3) is 6.69. The summed E-state index contributed by atoms with van der Waals surface area (Å²) in [6.45, 7) is 4.40. The minimum absolute atomic E-state index is 0.195. The van der Waals surface area contributed by atoms with Gasteiger partial charge in [0.15, 0.2) is 0 Å². The van der Waals surface area contributed by atoms with Gasteiger partial charge in [0.25, 0.3) is 0 Å². The Labute approximate surface area is 146 Å². The van der Waals surface area contributed by atoms with E-state index >= 15 is 0 Å². The predicted octanol–water partition coefficient (Wildman–Crippen LogP) is -0.296. The van der Waals surface area contributed by atoms with Crippen LogP contribution >= 0.6 is 0 Å². The van der Waals surface area contributed by atoms with E-state index in [1.165, 1.54) is 0 Å². The number of carbonyl (C=O) groups is 4. The van der Waals surface area contributed by atoms with E-state index in [1.54, 1.807) is 6.92 Å². The summed E-state index contributed by atoms with van der Waals surface area (Å²) in [7, 11) is 0. The summed E-state index contributed by atoms with van der Waals surface area (Å²) in [6, 6.07) is -2.52. The smallest absolute Gasteiger partial charge is 0.326 e. The third-order valence-electron chi connectivity index (χ3n) is 4.43. The molecule has 0 spiro atoms. The highest BCUT2D eigenvalue weighted by Gasteiger charge is 2.32. The fraction of sp³-hybridized carbons (Fsp3) is 0.750. The number of aliphatic carboxylic acids is 2. The fourth-order valence-corrected chi connectivity index (χ4v) is 2.65.